The quantitative estimate of drug-likeness (QED) is 0.794. The van der Waals surface area contributed by atoms with Crippen LogP contribution in [0.1, 0.15) is 29.2 Å². The standard InChI is InChI=1S/C15H15BrClNS/c16-14-4-2-1-3-13(14)10-7-11(8-10)18-9-12-5-6-15(17)19-12/h1-6,10-11,18H,7-9H2. The Morgan fingerprint density at radius 2 is 2.00 bits per heavy atom. The highest BCUT2D eigenvalue weighted by atomic mass is 79.9. The van der Waals surface area contributed by atoms with Crippen molar-refractivity contribution in [3.63, 3.8) is 0 Å². The highest BCUT2D eigenvalue weighted by molar-refractivity contribution is 9.10. The van der Waals surface area contributed by atoms with Crippen molar-refractivity contribution in [1.29, 1.82) is 0 Å². The molecule has 1 nitrogen and oxygen atoms in total. The number of hydrogen-bond donors (Lipinski definition) is 1. The maximum Gasteiger partial charge on any atom is 0.0931 e. The molecular weight excluding hydrogens is 342 g/mol. The minimum atomic E-state index is 0.637. The molecule has 0 radical (unpaired) electrons. The maximum atomic E-state index is 5.93. The Morgan fingerprint density at radius 3 is 2.68 bits per heavy atom. The normalized spacial score (nSPS) is 22.2. The van der Waals surface area contributed by atoms with Crippen LogP contribution in [0.3, 0.4) is 0 Å². The van der Waals surface area contributed by atoms with E-state index in [2.05, 4.69) is 51.6 Å². The van der Waals surface area contributed by atoms with Crippen LogP contribution in [0.2, 0.25) is 4.34 Å². The van der Waals surface area contributed by atoms with Crippen LogP contribution in [-0.4, -0.2) is 6.04 Å². The van der Waals surface area contributed by atoms with Gasteiger partial charge in [0, 0.05) is 21.9 Å². The van der Waals surface area contributed by atoms with Crippen molar-refractivity contribution in [2.45, 2.75) is 31.3 Å². The van der Waals surface area contributed by atoms with E-state index in [0.29, 0.717) is 12.0 Å². The molecule has 1 aromatic heterocycles. The Labute approximate surface area is 131 Å². The van der Waals surface area contributed by atoms with E-state index >= 15 is 0 Å². The molecule has 1 aliphatic rings. The van der Waals surface area contributed by atoms with Crippen molar-refractivity contribution in [2.75, 3.05) is 0 Å². The third-order valence-corrected chi connectivity index (χ3v) is 5.63. The molecule has 0 unspecified atom stereocenters. The zero-order valence-electron chi connectivity index (χ0n) is 10.4. The molecule has 2 aromatic rings. The van der Waals surface area contributed by atoms with Crippen molar-refractivity contribution in [3.05, 3.63) is 55.6 Å². The Bertz CT molecular complexity index is 563. The summed E-state index contributed by atoms with van der Waals surface area (Å²) in [4.78, 5) is 1.31. The summed E-state index contributed by atoms with van der Waals surface area (Å²) in [5, 5.41) is 3.60. The molecule has 1 fully saturated rings. The first kappa shape index (κ1) is 13.6. The van der Waals surface area contributed by atoms with E-state index in [9.17, 15) is 0 Å². The average Bonchev–Trinajstić information content (AvgIpc) is 2.75. The topological polar surface area (TPSA) is 12.0 Å². The van der Waals surface area contributed by atoms with Crippen LogP contribution in [0, 0.1) is 0 Å². The summed E-state index contributed by atoms with van der Waals surface area (Å²) in [6.45, 7) is 0.935. The van der Waals surface area contributed by atoms with Gasteiger partial charge in [0.15, 0.2) is 0 Å². The molecule has 1 aliphatic carbocycles. The Morgan fingerprint density at radius 1 is 1.21 bits per heavy atom. The molecule has 3 rings (SSSR count). The summed E-state index contributed by atoms with van der Waals surface area (Å²) in [5.41, 5.74) is 1.44. The van der Waals surface area contributed by atoms with Gasteiger partial charge in [-0.2, -0.15) is 0 Å². The van der Waals surface area contributed by atoms with Crippen molar-refractivity contribution < 1.29 is 0 Å². The van der Waals surface area contributed by atoms with E-state index < -0.39 is 0 Å². The average molecular weight is 357 g/mol. The van der Waals surface area contributed by atoms with Gasteiger partial charge in [0.05, 0.1) is 4.34 Å². The molecule has 0 bridgehead atoms. The zero-order chi connectivity index (χ0) is 13.2. The number of benzene rings is 1. The molecule has 1 aromatic carbocycles. The molecule has 0 spiro atoms. The van der Waals surface area contributed by atoms with Gasteiger partial charge in [0.2, 0.25) is 0 Å². The predicted molar refractivity (Wildman–Crippen MR) is 86.1 cm³/mol. The molecule has 4 heteroatoms. The number of nitrogens with one attached hydrogen (secondary N) is 1. The van der Waals surface area contributed by atoms with Crippen molar-refractivity contribution >= 4 is 38.9 Å². The van der Waals surface area contributed by atoms with E-state index in [-0.39, 0.29) is 0 Å². The van der Waals surface area contributed by atoms with Gasteiger partial charge >= 0.3 is 0 Å². The molecule has 100 valence electrons. The van der Waals surface area contributed by atoms with Gasteiger partial charge in [0.25, 0.3) is 0 Å². The fourth-order valence-electron chi connectivity index (χ4n) is 2.54. The SMILES string of the molecule is Clc1ccc(CNC2CC(c3ccccc3Br)C2)s1. The van der Waals surface area contributed by atoms with Crippen LogP contribution >= 0.6 is 38.9 Å². The summed E-state index contributed by atoms with van der Waals surface area (Å²) in [7, 11) is 0. The zero-order valence-corrected chi connectivity index (χ0v) is 13.6. The van der Waals surface area contributed by atoms with Gasteiger partial charge < -0.3 is 5.32 Å². The highest BCUT2D eigenvalue weighted by Gasteiger charge is 2.30. The van der Waals surface area contributed by atoms with E-state index in [1.165, 1.54) is 27.8 Å². The van der Waals surface area contributed by atoms with Crippen molar-refractivity contribution in [2.24, 2.45) is 0 Å². The monoisotopic (exact) mass is 355 g/mol. The van der Waals surface area contributed by atoms with E-state index in [4.69, 9.17) is 11.6 Å². The lowest BCUT2D eigenvalue weighted by Crippen LogP contribution is -2.39. The fraction of sp³-hybridized carbons (Fsp3) is 0.333. The predicted octanol–water partition coefficient (Wildman–Crippen LogP) is 5.20. The molecule has 0 aliphatic heterocycles. The summed E-state index contributed by atoms with van der Waals surface area (Å²) in [5.74, 6) is 0.694. The van der Waals surface area contributed by atoms with Crippen LogP contribution in [0.5, 0.6) is 0 Å². The van der Waals surface area contributed by atoms with Crippen LogP contribution < -0.4 is 5.32 Å². The minimum absolute atomic E-state index is 0.637. The number of hydrogen-bond acceptors (Lipinski definition) is 2. The van der Waals surface area contributed by atoms with Crippen molar-refractivity contribution in [3.8, 4) is 0 Å². The smallest absolute Gasteiger partial charge is 0.0931 e. The molecule has 19 heavy (non-hydrogen) atoms. The van der Waals surface area contributed by atoms with Gasteiger partial charge in [-0.3, -0.25) is 0 Å². The minimum Gasteiger partial charge on any atom is -0.309 e. The van der Waals surface area contributed by atoms with Crippen molar-refractivity contribution in [1.82, 2.24) is 5.32 Å². The Hall–Kier alpha value is -0.350. The van der Waals surface area contributed by atoms with Gasteiger partial charge in [-0.1, -0.05) is 45.7 Å². The molecule has 1 saturated carbocycles. The lowest BCUT2D eigenvalue weighted by molar-refractivity contribution is 0.289. The third kappa shape index (κ3) is 3.22. The second-order valence-electron chi connectivity index (χ2n) is 4.97. The number of thiophene rings is 1. The number of halogens is 2. The first-order valence-corrected chi connectivity index (χ1v) is 8.43. The third-order valence-electron chi connectivity index (χ3n) is 3.68. The highest BCUT2D eigenvalue weighted by Crippen LogP contribution is 2.40. The molecule has 0 amide bonds. The van der Waals surface area contributed by atoms with Gasteiger partial charge in [-0.15, -0.1) is 11.3 Å². The van der Waals surface area contributed by atoms with E-state index in [0.717, 1.165) is 10.9 Å². The Kier molecular flexibility index (Phi) is 4.27. The first-order valence-electron chi connectivity index (χ1n) is 6.44. The van der Waals surface area contributed by atoms with Crippen LogP contribution in [0.4, 0.5) is 0 Å². The summed E-state index contributed by atoms with van der Waals surface area (Å²) in [6, 6.07) is 13.3. The maximum absolute atomic E-state index is 5.93. The second kappa shape index (κ2) is 5.96. The molecule has 0 saturated heterocycles. The molecule has 1 heterocycles. The summed E-state index contributed by atoms with van der Waals surface area (Å²) < 4.78 is 2.11. The van der Waals surface area contributed by atoms with E-state index in [1.807, 2.05) is 6.07 Å². The Balaban J connectivity index is 1.49. The van der Waals surface area contributed by atoms with Crippen LogP contribution in [0.25, 0.3) is 0 Å². The van der Waals surface area contributed by atoms with Crippen LogP contribution in [0.15, 0.2) is 40.9 Å². The molecule has 0 atom stereocenters. The largest absolute Gasteiger partial charge is 0.309 e. The van der Waals surface area contributed by atoms with Gasteiger partial charge in [-0.25, -0.2) is 0 Å². The number of rotatable bonds is 4. The second-order valence-corrected chi connectivity index (χ2v) is 7.63. The summed E-state index contributed by atoms with van der Waals surface area (Å²) >= 11 is 11.2. The lowest BCUT2D eigenvalue weighted by Gasteiger charge is -2.36. The summed E-state index contributed by atoms with van der Waals surface area (Å²) in [6.07, 6.45) is 2.45. The lowest BCUT2D eigenvalue weighted by atomic mass is 9.76. The van der Waals surface area contributed by atoms with E-state index in [1.54, 1.807) is 11.3 Å². The van der Waals surface area contributed by atoms with Gasteiger partial charge in [0.1, 0.15) is 0 Å². The van der Waals surface area contributed by atoms with Crippen LogP contribution in [-0.2, 0) is 6.54 Å². The first-order chi connectivity index (χ1) is 9.22. The fourth-order valence-corrected chi connectivity index (χ4v) is 4.18. The van der Waals surface area contributed by atoms with Gasteiger partial charge in [-0.05, 0) is 42.5 Å². The molecular formula is C15H15BrClNS. The molecule has 1 N–H and O–H groups in total.